The summed E-state index contributed by atoms with van der Waals surface area (Å²) in [6.45, 7) is 5.03. The Labute approximate surface area is 164 Å². The second kappa shape index (κ2) is 7.37. The van der Waals surface area contributed by atoms with E-state index in [0.717, 1.165) is 6.42 Å². The molecule has 2 aromatic rings. The number of carbonyl (C=O) groups is 2. The maximum Gasteiger partial charge on any atom is 0.293 e. The first-order valence-electron chi connectivity index (χ1n) is 9.60. The Morgan fingerprint density at radius 2 is 1.79 bits per heavy atom. The van der Waals surface area contributed by atoms with Gasteiger partial charge in [-0.2, -0.15) is 0 Å². The van der Waals surface area contributed by atoms with Crippen LogP contribution < -0.4 is 10.2 Å². The molecule has 6 heteroatoms. The van der Waals surface area contributed by atoms with E-state index in [1.807, 2.05) is 48.5 Å². The average Bonchev–Trinajstić information content (AvgIpc) is 2.92. The molecule has 1 N–H and O–H groups in total. The van der Waals surface area contributed by atoms with Crippen molar-refractivity contribution in [1.82, 2.24) is 0 Å². The summed E-state index contributed by atoms with van der Waals surface area (Å²) < 4.78 is 11.6. The molecule has 1 spiro atoms. The van der Waals surface area contributed by atoms with Gasteiger partial charge < -0.3 is 14.8 Å². The van der Waals surface area contributed by atoms with E-state index in [1.165, 1.54) is 10.5 Å². The molecule has 4 rings (SSSR count). The van der Waals surface area contributed by atoms with Crippen molar-refractivity contribution in [3.8, 4) is 0 Å². The third kappa shape index (κ3) is 3.19. The lowest BCUT2D eigenvalue weighted by atomic mass is 10.0. The zero-order valence-electron chi connectivity index (χ0n) is 16.1. The molecule has 2 aliphatic rings. The number of hydrogen-bond donors (Lipinski definition) is 1. The van der Waals surface area contributed by atoms with Gasteiger partial charge in [-0.05, 0) is 36.1 Å². The van der Waals surface area contributed by atoms with Crippen molar-refractivity contribution < 1.29 is 19.1 Å². The summed E-state index contributed by atoms with van der Waals surface area (Å²) in [6, 6.07) is 15.1. The first-order valence-corrected chi connectivity index (χ1v) is 9.60. The van der Waals surface area contributed by atoms with Gasteiger partial charge in [-0.3, -0.25) is 14.5 Å². The van der Waals surface area contributed by atoms with Gasteiger partial charge in [0.25, 0.3) is 11.7 Å². The molecule has 2 aromatic carbocycles. The fourth-order valence-electron chi connectivity index (χ4n) is 3.65. The zero-order chi connectivity index (χ0) is 19.7. The molecule has 2 amide bonds. The van der Waals surface area contributed by atoms with E-state index in [-0.39, 0.29) is 18.4 Å². The number of ether oxygens (including phenoxy) is 2. The quantitative estimate of drug-likeness (QED) is 0.883. The van der Waals surface area contributed by atoms with Crippen molar-refractivity contribution in [2.24, 2.45) is 0 Å². The summed E-state index contributed by atoms with van der Waals surface area (Å²) in [4.78, 5) is 27.2. The summed E-state index contributed by atoms with van der Waals surface area (Å²) in [5.74, 6) is -1.62. The van der Waals surface area contributed by atoms with Crippen LogP contribution in [-0.2, 0) is 24.8 Å². The number of nitrogens with zero attached hydrogens (tertiary/aromatic N) is 1. The standard InChI is InChI=1S/C22H24N2O4/c1-15(2)16-8-10-17(11-9-16)23-20(25)14-24-19-7-4-3-6-18(19)22(21(24)26)27-12-5-13-28-22/h3-4,6-11,15H,5,12-14H2,1-2H3,(H,23,25). The summed E-state index contributed by atoms with van der Waals surface area (Å²) in [6.07, 6.45) is 0.740. The predicted octanol–water partition coefficient (Wildman–Crippen LogP) is 3.39. The van der Waals surface area contributed by atoms with Crippen LogP contribution in [0.5, 0.6) is 0 Å². The molecule has 0 unspecified atom stereocenters. The third-order valence-electron chi connectivity index (χ3n) is 5.14. The highest BCUT2D eigenvalue weighted by molar-refractivity contribution is 6.10. The molecule has 2 aliphatic heterocycles. The van der Waals surface area contributed by atoms with Crippen LogP contribution in [0.3, 0.4) is 0 Å². The molecule has 1 saturated heterocycles. The summed E-state index contributed by atoms with van der Waals surface area (Å²) >= 11 is 0. The Hall–Kier alpha value is -2.70. The van der Waals surface area contributed by atoms with Gasteiger partial charge in [-0.15, -0.1) is 0 Å². The third-order valence-corrected chi connectivity index (χ3v) is 5.14. The molecule has 0 atom stereocenters. The van der Waals surface area contributed by atoms with E-state index >= 15 is 0 Å². The summed E-state index contributed by atoms with van der Waals surface area (Å²) in [5.41, 5.74) is 3.22. The first-order chi connectivity index (χ1) is 13.5. The van der Waals surface area contributed by atoms with Gasteiger partial charge in [0, 0.05) is 11.3 Å². The minimum Gasteiger partial charge on any atom is -0.338 e. The molecule has 146 valence electrons. The lowest BCUT2D eigenvalue weighted by molar-refractivity contribution is -0.256. The van der Waals surface area contributed by atoms with Crippen LogP contribution in [0.2, 0.25) is 0 Å². The number of carbonyl (C=O) groups excluding carboxylic acids is 2. The number of benzene rings is 2. The van der Waals surface area contributed by atoms with Crippen LogP contribution >= 0.6 is 0 Å². The van der Waals surface area contributed by atoms with Crippen molar-refractivity contribution in [2.45, 2.75) is 32.0 Å². The van der Waals surface area contributed by atoms with Gasteiger partial charge in [0.2, 0.25) is 5.91 Å². The van der Waals surface area contributed by atoms with Crippen molar-refractivity contribution in [1.29, 1.82) is 0 Å². The molecular weight excluding hydrogens is 356 g/mol. The van der Waals surface area contributed by atoms with E-state index in [2.05, 4.69) is 19.2 Å². The molecule has 6 nitrogen and oxygen atoms in total. The highest BCUT2D eigenvalue weighted by Gasteiger charge is 2.55. The fourth-order valence-corrected chi connectivity index (χ4v) is 3.65. The maximum absolute atomic E-state index is 13.1. The van der Waals surface area contributed by atoms with Crippen molar-refractivity contribution >= 4 is 23.2 Å². The number of amides is 2. The van der Waals surface area contributed by atoms with Crippen LogP contribution in [-0.4, -0.2) is 31.6 Å². The Morgan fingerprint density at radius 3 is 2.46 bits per heavy atom. The highest BCUT2D eigenvalue weighted by Crippen LogP contribution is 2.44. The zero-order valence-corrected chi connectivity index (χ0v) is 16.1. The minimum atomic E-state index is -1.42. The Kier molecular flexibility index (Phi) is 4.91. The van der Waals surface area contributed by atoms with Gasteiger partial charge in [0.15, 0.2) is 0 Å². The largest absolute Gasteiger partial charge is 0.338 e. The lowest BCUT2D eigenvalue weighted by Crippen LogP contribution is -2.48. The fraction of sp³-hybridized carbons (Fsp3) is 0.364. The van der Waals surface area contributed by atoms with Gasteiger partial charge in [-0.25, -0.2) is 0 Å². The molecule has 2 heterocycles. The molecule has 0 bridgehead atoms. The van der Waals surface area contributed by atoms with Gasteiger partial charge in [0.05, 0.1) is 18.9 Å². The Bertz CT molecular complexity index is 886. The number of rotatable bonds is 4. The number of hydrogen-bond acceptors (Lipinski definition) is 4. The van der Waals surface area contributed by atoms with Crippen molar-refractivity contribution in [3.63, 3.8) is 0 Å². The molecule has 0 aromatic heterocycles. The number of fused-ring (bicyclic) bond motifs is 2. The topological polar surface area (TPSA) is 67.9 Å². The molecule has 0 aliphatic carbocycles. The molecule has 28 heavy (non-hydrogen) atoms. The van der Waals surface area contributed by atoms with Gasteiger partial charge in [0.1, 0.15) is 6.54 Å². The van der Waals surface area contributed by atoms with Crippen LogP contribution in [0.25, 0.3) is 0 Å². The van der Waals surface area contributed by atoms with Crippen LogP contribution in [0, 0.1) is 0 Å². The van der Waals surface area contributed by atoms with E-state index < -0.39 is 5.79 Å². The second-order valence-electron chi connectivity index (χ2n) is 7.40. The van der Waals surface area contributed by atoms with Crippen LogP contribution in [0.1, 0.15) is 37.3 Å². The Morgan fingerprint density at radius 1 is 1.11 bits per heavy atom. The van der Waals surface area contributed by atoms with E-state index in [1.54, 1.807) is 0 Å². The second-order valence-corrected chi connectivity index (χ2v) is 7.40. The monoisotopic (exact) mass is 380 g/mol. The van der Waals surface area contributed by atoms with E-state index in [4.69, 9.17) is 9.47 Å². The summed E-state index contributed by atoms with van der Waals surface area (Å²) in [5, 5.41) is 2.86. The summed E-state index contributed by atoms with van der Waals surface area (Å²) in [7, 11) is 0. The van der Waals surface area contributed by atoms with Crippen LogP contribution in [0.15, 0.2) is 48.5 Å². The predicted molar refractivity (Wildman–Crippen MR) is 106 cm³/mol. The SMILES string of the molecule is CC(C)c1ccc(NC(=O)CN2C(=O)C3(OCCCO3)c3ccccc32)cc1. The number of anilines is 2. The van der Waals surface area contributed by atoms with Gasteiger partial charge in [-0.1, -0.05) is 44.2 Å². The smallest absolute Gasteiger partial charge is 0.293 e. The van der Waals surface area contributed by atoms with Gasteiger partial charge >= 0.3 is 0 Å². The van der Waals surface area contributed by atoms with Crippen molar-refractivity contribution in [2.75, 3.05) is 30.0 Å². The molecule has 0 saturated carbocycles. The maximum atomic E-state index is 13.1. The normalized spacial score (nSPS) is 17.8. The minimum absolute atomic E-state index is 0.101. The molecular formula is C22H24N2O4. The first kappa shape index (κ1) is 18.7. The molecule has 1 fully saturated rings. The number of para-hydroxylation sites is 1. The average molecular weight is 380 g/mol. The van der Waals surface area contributed by atoms with Crippen LogP contribution in [0.4, 0.5) is 11.4 Å². The lowest BCUT2D eigenvalue weighted by Gasteiger charge is -2.32. The Balaban J connectivity index is 1.52. The highest BCUT2D eigenvalue weighted by atomic mass is 16.7. The van der Waals surface area contributed by atoms with Crippen molar-refractivity contribution in [3.05, 3.63) is 59.7 Å². The number of nitrogens with one attached hydrogen (secondary N) is 1. The molecule has 0 radical (unpaired) electrons. The van der Waals surface area contributed by atoms with E-state index in [0.29, 0.717) is 36.1 Å². The van der Waals surface area contributed by atoms with E-state index in [9.17, 15) is 9.59 Å².